The summed E-state index contributed by atoms with van der Waals surface area (Å²) in [6.07, 6.45) is 6.01. The van der Waals surface area contributed by atoms with E-state index in [4.69, 9.17) is 9.47 Å². The molecule has 0 fully saturated rings. The average molecular weight is 230 g/mol. The second-order valence-electron chi connectivity index (χ2n) is 4.73. The number of ether oxygens (including phenoxy) is 2. The highest BCUT2D eigenvalue weighted by Crippen LogP contribution is 2.14. The first-order valence-corrected chi connectivity index (χ1v) is 6.37. The van der Waals surface area contributed by atoms with Gasteiger partial charge in [0.2, 0.25) is 0 Å². The molecule has 0 rings (SSSR count). The van der Waals surface area contributed by atoms with Gasteiger partial charge in [0.25, 0.3) is 0 Å². The first-order chi connectivity index (χ1) is 7.52. The third kappa shape index (κ3) is 8.57. The van der Waals surface area contributed by atoms with E-state index < -0.39 is 11.8 Å². The van der Waals surface area contributed by atoms with E-state index in [1.807, 2.05) is 20.8 Å². The maximum Gasteiger partial charge on any atom is 0.508 e. The molecule has 0 bridgehead atoms. The maximum absolute atomic E-state index is 11.3. The molecule has 0 aromatic rings. The van der Waals surface area contributed by atoms with Gasteiger partial charge >= 0.3 is 6.16 Å². The van der Waals surface area contributed by atoms with Crippen molar-refractivity contribution in [2.45, 2.75) is 71.8 Å². The third-order valence-corrected chi connectivity index (χ3v) is 2.68. The summed E-state index contributed by atoms with van der Waals surface area (Å²) in [7, 11) is 0. The number of carbonyl (C=O) groups is 1. The van der Waals surface area contributed by atoms with Crippen LogP contribution in [-0.4, -0.2) is 18.4 Å². The highest BCUT2D eigenvalue weighted by molar-refractivity contribution is 5.60. The molecule has 0 aliphatic rings. The molecule has 0 saturated heterocycles. The van der Waals surface area contributed by atoms with E-state index in [2.05, 4.69) is 6.92 Å². The minimum atomic E-state index is -0.539. The maximum atomic E-state index is 11.3. The van der Waals surface area contributed by atoms with Crippen molar-refractivity contribution in [3.63, 3.8) is 0 Å². The largest absolute Gasteiger partial charge is 0.508 e. The molecular weight excluding hydrogens is 204 g/mol. The zero-order valence-corrected chi connectivity index (χ0v) is 11.2. The Morgan fingerprint density at radius 1 is 1.06 bits per heavy atom. The van der Waals surface area contributed by atoms with E-state index in [-0.39, 0.29) is 0 Å². The predicted molar refractivity (Wildman–Crippen MR) is 65.6 cm³/mol. The van der Waals surface area contributed by atoms with E-state index in [0.717, 1.165) is 19.3 Å². The molecule has 96 valence electrons. The summed E-state index contributed by atoms with van der Waals surface area (Å²) >= 11 is 0. The smallest absolute Gasteiger partial charge is 0.434 e. The molecule has 0 unspecified atom stereocenters. The highest BCUT2D eigenvalue weighted by Gasteiger charge is 2.20. The second-order valence-corrected chi connectivity index (χ2v) is 4.73. The van der Waals surface area contributed by atoms with Crippen LogP contribution in [0.2, 0.25) is 0 Å². The zero-order chi connectivity index (χ0) is 12.4. The van der Waals surface area contributed by atoms with Gasteiger partial charge in [-0.05, 0) is 26.7 Å². The van der Waals surface area contributed by atoms with Crippen molar-refractivity contribution in [3.05, 3.63) is 0 Å². The first-order valence-electron chi connectivity index (χ1n) is 6.37. The highest BCUT2D eigenvalue weighted by atomic mass is 16.7. The minimum absolute atomic E-state index is 0.417. The summed E-state index contributed by atoms with van der Waals surface area (Å²) < 4.78 is 10.2. The van der Waals surface area contributed by atoms with Gasteiger partial charge in [0.1, 0.15) is 5.60 Å². The minimum Gasteiger partial charge on any atom is -0.434 e. The van der Waals surface area contributed by atoms with Crippen LogP contribution in [0.15, 0.2) is 0 Å². The molecule has 16 heavy (non-hydrogen) atoms. The predicted octanol–water partition coefficient (Wildman–Crippen LogP) is 4.30. The van der Waals surface area contributed by atoms with Crippen LogP contribution in [0.25, 0.3) is 0 Å². The number of rotatable bonds is 8. The summed E-state index contributed by atoms with van der Waals surface area (Å²) in [5, 5.41) is 0. The van der Waals surface area contributed by atoms with Gasteiger partial charge in [-0.15, -0.1) is 0 Å². The van der Waals surface area contributed by atoms with E-state index in [9.17, 15) is 4.79 Å². The molecule has 3 heteroatoms. The van der Waals surface area contributed by atoms with Crippen molar-refractivity contribution >= 4 is 6.16 Å². The summed E-state index contributed by atoms with van der Waals surface area (Å²) in [6, 6.07) is 0. The van der Waals surface area contributed by atoms with Crippen LogP contribution in [0.3, 0.4) is 0 Å². The third-order valence-electron chi connectivity index (χ3n) is 2.68. The van der Waals surface area contributed by atoms with Crippen molar-refractivity contribution in [2.24, 2.45) is 0 Å². The normalized spacial score (nSPS) is 11.2. The topological polar surface area (TPSA) is 35.5 Å². The van der Waals surface area contributed by atoms with Crippen LogP contribution >= 0.6 is 0 Å². The van der Waals surface area contributed by atoms with Gasteiger partial charge in [0.15, 0.2) is 0 Å². The molecule has 3 nitrogen and oxygen atoms in total. The van der Waals surface area contributed by atoms with E-state index >= 15 is 0 Å². The fourth-order valence-electron chi connectivity index (χ4n) is 1.19. The molecule has 0 N–H and O–H groups in total. The van der Waals surface area contributed by atoms with Gasteiger partial charge in [-0.3, -0.25) is 0 Å². The van der Waals surface area contributed by atoms with Gasteiger partial charge in [-0.25, -0.2) is 4.79 Å². The molecule has 0 spiro atoms. The molecule has 0 radical (unpaired) electrons. The lowest BCUT2D eigenvalue weighted by Crippen LogP contribution is -2.27. The van der Waals surface area contributed by atoms with Crippen LogP contribution in [-0.2, 0) is 9.47 Å². The first kappa shape index (κ1) is 15.3. The van der Waals surface area contributed by atoms with Crippen LogP contribution in [0.4, 0.5) is 4.79 Å². The molecule has 0 heterocycles. The molecular formula is C13H26O3. The van der Waals surface area contributed by atoms with Gasteiger partial charge in [0.05, 0.1) is 6.61 Å². The van der Waals surface area contributed by atoms with Crippen LogP contribution in [0, 0.1) is 0 Å². The monoisotopic (exact) mass is 230 g/mol. The van der Waals surface area contributed by atoms with Crippen molar-refractivity contribution in [2.75, 3.05) is 6.61 Å². The Morgan fingerprint density at radius 3 is 2.25 bits per heavy atom. The summed E-state index contributed by atoms with van der Waals surface area (Å²) in [5.41, 5.74) is -0.417. The number of hydrogen-bond donors (Lipinski definition) is 0. The number of carbonyl (C=O) groups excluding carboxylic acids is 1. The standard InChI is InChI=1S/C13H26O3/c1-5-7-8-9-10-11-15-12(14)16-13(3,4)6-2/h5-11H2,1-4H3. The fourth-order valence-corrected chi connectivity index (χ4v) is 1.19. The van der Waals surface area contributed by atoms with E-state index in [1.165, 1.54) is 19.3 Å². The van der Waals surface area contributed by atoms with Crippen molar-refractivity contribution in [1.29, 1.82) is 0 Å². The quantitative estimate of drug-likeness (QED) is 0.460. The van der Waals surface area contributed by atoms with Crippen molar-refractivity contribution in [1.82, 2.24) is 0 Å². The van der Waals surface area contributed by atoms with Gasteiger partial charge < -0.3 is 9.47 Å². The molecule has 0 aromatic heterocycles. The molecule has 0 aliphatic carbocycles. The Kier molecular flexibility index (Phi) is 8.04. The average Bonchev–Trinajstić information content (AvgIpc) is 2.22. The van der Waals surface area contributed by atoms with Crippen LogP contribution in [0.1, 0.15) is 66.2 Å². The second kappa shape index (κ2) is 8.43. The SMILES string of the molecule is CCCCCCCOC(=O)OC(C)(C)CC. The summed E-state index contributed by atoms with van der Waals surface area (Å²) in [5.74, 6) is 0. The Bertz CT molecular complexity index is 188. The Hall–Kier alpha value is -0.730. The number of hydrogen-bond acceptors (Lipinski definition) is 3. The van der Waals surface area contributed by atoms with Gasteiger partial charge in [-0.2, -0.15) is 0 Å². The fraction of sp³-hybridized carbons (Fsp3) is 0.923. The van der Waals surface area contributed by atoms with Crippen molar-refractivity contribution < 1.29 is 14.3 Å². The molecule has 0 amide bonds. The lowest BCUT2D eigenvalue weighted by atomic mass is 10.1. The van der Waals surface area contributed by atoms with Crippen molar-refractivity contribution in [3.8, 4) is 0 Å². The molecule has 0 saturated carbocycles. The zero-order valence-electron chi connectivity index (χ0n) is 11.2. The summed E-state index contributed by atoms with van der Waals surface area (Å²) in [4.78, 5) is 11.3. The van der Waals surface area contributed by atoms with E-state index in [0.29, 0.717) is 6.61 Å². The Morgan fingerprint density at radius 2 is 1.69 bits per heavy atom. The lowest BCUT2D eigenvalue weighted by molar-refractivity contribution is -0.0185. The number of unbranched alkanes of at least 4 members (excludes halogenated alkanes) is 4. The molecule has 0 aliphatic heterocycles. The Labute approximate surface area is 99.5 Å². The molecule has 0 aromatic carbocycles. The summed E-state index contributed by atoms with van der Waals surface area (Å²) in [6.45, 7) is 8.41. The van der Waals surface area contributed by atoms with Crippen LogP contribution < -0.4 is 0 Å². The van der Waals surface area contributed by atoms with Gasteiger partial charge in [0, 0.05) is 0 Å². The Balaban J connectivity index is 3.44. The van der Waals surface area contributed by atoms with E-state index in [1.54, 1.807) is 0 Å². The molecule has 0 atom stereocenters. The lowest BCUT2D eigenvalue weighted by Gasteiger charge is -2.22. The van der Waals surface area contributed by atoms with Crippen LogP contribution in [0.5, 0.6) is 0 Å². The van der Waals surface area contributed by atoms with Gasteiger partial charge in [-0.1, -0.05) is 39.5 Å².